The van der Waals surface area contributed by atoms with Crippen molar-refractivity contribution in [3.05, 3.63) is 23.8 Å². The topological polar surface area (TPSA) is 46.6 Å². The molecule has 1 fully saturated rings. The van der Waals surface area contributed by atoms with Gasteiger partial charge >= 0.3 is 5.97 Å². The number of benzene rings is 1. The number of ether oxygens (including phenoxy) is 1. The number of carbonyl (C=O) groups is 2. The first kappa shape index (κ1) is 11.6. The lowest BCUT2D eigenvalue weighted by atomic mass is 10.2. The predicted octanol–water partition coefficient (Wildman–Crippen LogP) is 2.05. The second kappa shape index (κ2) is 4.57. The minimum Gasteiger partial charge on any atom is -0.424 e. The molecule has 1 saturated heterocycles. The summed E-state index contributed by atoms with van der Waals surface area (Å²) in [7, 11) is 0. The molecule has 1 heterocycles. The first-order valence-electron chi connectivity index (χ1n) is 5.67. The second-order valence-electron chi connectivity index (χ2n) is 4.21. The highest BCUT2D eigenvalue weighted by Gasteiger charge is 2.24. The summed E-state index contributed by atoms with van der Waals surface area (Å²) in [5.74, 6) is 0.170. The Morgan fingerprint density at radius 1 is 1.41 bits per heavy atom. The van der Waals surface area contributed by atoms with E-state index in [0.29, 0.717) is 24.4 Å². The molecule has 0 saturated carbocycles. The van der Waals surface area contributed by atoms with Gasteiger partial charge in [-0.1, -0.05) is 6.07 Å². The third-order valence-electron chi connectivity index (χ3n) is 2.73. The van der Waals surface area contributed by atoms with Crippen LogP contribution < -0.4 is 9.64 Å². The van der Waals surface area contributed by atoms with Crippen LogP contribution in [0.4, 0.5) is 5.69 Å². The molecule has 0 N–H and O–H groups in total. The van der Waals surface area contributed by atoms with Crippen LogP contribution >= 0.6 is 0 Å². The largest absolute Gasteiger partial charge is 0.424 e. The van der Waals surface area contributed by atoms with Crippen molar-refractivity contribution in [2.24, 2.45) is 0 Å². The van der Waals surface area contributed by atoms with Crippen LogP contribution in [0, 0.1) is 6.92 Å². The number of hydrogen-bond acceptors (Lipinski definition) is 3. The Kier molecular flexibility index (Phi) is 3.13. The molecule has 0 radical (unpaired) electrons. The number of amides is 1. The maximum absolute atomic E-state index is 11.7. The van der Waals surface area contributed by atoms with Crippen molar-refractivity contribution in [3.8, 4) is 5.75 Å². The summed E-state index contributed by atoms with van der Waals surface area (Å²) in [5, 5.41) is 0. The van der Waals surface area contributed by atoms with Gasteiger partial charge in [0.25, 0.3) is 0 Å². The van der Waals surface area contributed by atoms with E-state index in [0.717, 1.165) is 12.0 Å². The van der Waals surface area contributed by atoms with Gasteiger partial charge in [-0.15, -0.1) is 0 Å². The van der Waals surface area contributed by atoms with Gasteiger partial charge in [-0.3, -0.25) is 9.59 Å². The summed E-state index contributed by atoms with van der Waals surface area (Å²) in [5.41, 5.74) is 1.73. The third kappa shape index (κ3) is 2.46. The van der Waals surface area contributed by atoms with Crippen LogP contribution in [0.2, 0.25) is 0 Å². The molecule has 0 aromatic heterocycles. The standard InChI is InChI=1S/C13H15NO3/c1-9-5-6-12(17-10(2)15)11(8-9)14-7-3-4-13(14)16/h5-6,8H,3-4,7H2,1-2H3. The van der Waals surface area contributed by atoms with E-state index in [-0.39, 0.29) is 11.9 Å². The molecule has 1 aliphatic rings. The van der Waals surface area contributed by atoms with Crippen LogP contribution in [0.3, 0.4) is 0 Å². The monoisotopic (exact) mass is 233 g/mol. The van der Waals surface area contributed by atoms with E-state index in [1.54, 1.807) is 11.0 Å². The van der Waals surface area contributed by atoms with Gasteiger partial charge in [-0.05, 0) is 31.0 Å². The van der Waals surface area contributed by atoms with E-state index in [9.17, 15) is 9.59 Å². The van der Waals surface area contributed by atoms with Gasteiger partial charge in [0.1, 0.15) is 0 Å². The number of anilines is 1. The molecular weight excluding hydrogens is 218 g/mol. The number of hydrogen-bond donors (Lipinski definition) is 0. The smallest absolute Gasteiger partial charge is 0.308 e. The van der Waals surface area contributed by atoms with Gasteiger partial charge in [0.2, 0.25) is 5.91 Å². The molecular formula is C13H15NO3. The quantitative estimate of drug-likeness (QED) is 0.580. The zero-order chi connectivity index (χ0) is 12.4. The van der Waals surface area contributed by atoms with Gasteiger partial charge in [0.05, 0.1) is 5.69 Å². The van der Waals surface area contributed by atoms with Crippen molar-refractivity contribution >= 4 is 17.6 Å². The molecule has 17 heavy (non-hydrogen) atoms. The number of carbonyl (C=O) groups excluding carboxylic acids is 2. The SMILES string of the molecule is CC(=O)Oc1ccc(C)cc1N1CCCC1=O. The second-order valence-corrected chi connectivity index (χ2v) is 4.21. The van der Waals surface area contributed by atoms with Crippen molar-refractivity contribution in [2.75, 3.05) is 11.4 Å². The molecule has 4 heteroatoms. The van der Waals surface area contributed by atoms with Gasteiger partial charge < -0.3 is 9.64 Å². The average molecular weight is 233 g/mol. The molecule has 1 aliphatic heterocycles. The first-order valence-corrected chi connectivity index (χ1v) is 5.67. The Morgan fingerprint density at radius 3 is 2.76 bits per heavy atom. The molecule has 0 spiro atoms. The predicted molar refractivity (Wildman–Crippen MR) is 64.1 cm³/mol. The van der Waals surface area contributed by atoms with Crippen molar-refractivity contribution in [1.82, 2.24) is 0 Å². The highest BCUT2D eigenvalue weighted by atomic mass is 16.5. The number of nitrogens with zero attached hydrogens (tertiary/aromatic N) is 1. The van der Waals surface area contributed by atoms with Crippen molar-refractivity contribution in [3.63, 3.8) is 0 Å². The van der Waals surface area contributed by atoms with Gasteiger partial charge in [0.15, 0.2) is 5.75 Å². The van der Waals surface area contributed by atoms with E-state index >= 15 is 0 Å². The van der Waals surface area contributed by atoms with Gasteiger partial charge in [-0.2, -0.15) is 0 Å². The summed E-state index contributed by atoms with van der Waals surface area (Å²) in [6, 6.07) is 5.47. The third-order valence-corrected chi connectivity index (χ3v) is 2.73. The maximum Gasteiger partial charge on any atom is 0.308 e. The lowest BCUT2D eigenvalue weighted by Gasteiger charge is -2.19. The maximum atomic E-state index is 11.7. The molecule has 0 bridgehead atoms. The van der Waals surface area contributed by atoms with E-state index < -0.39 is 0 Å². The minimum atomic E-state index is -0.373. The first-order chi connectivity index (χ1) is 8.08. The lowest BCUT2D eigenvalue weighted by molar-refractivity contribution is -0.132. The average Bonchev–Trinajstić information content (AvgIpc) is 2.66. The fourth-order valence-electron chi connectivity index (χ4n) is 1.98. The Balaban J connectivity index is 2.39. The van der Waals surface area contributed by atoms with E-state index in [2.05, 4.69) is 0 Å². The number of rotatable bonds is 2. The van der Waals surface area contributed by atoms with Crippen LogP contribution in [0.5, 0.6) is 5.75 Å². The van der Waals surface area contributed by atoms with Crippen molar-refractivity contribution in [2.45, 2.75) is 26.7 Å². The van der Waals surface area contributed by atoms with Crippen LogP contribution in [-0.4, -0.2) is 18.4 Å². The molecule has 4 nitrogen and oxygen atoms in total. The molecule has 0 unspecified atom stereocenters. The molecule has 0 atom stereocenters. The van der Waals surface area contributed by atoms with Crippen LogP contribution in [0.1, 0.15) is 25.3 Å². The summed E-state index contributed by atoms with van der Waals surface area (Å²) >= 11 is 0. The van der Waals surface area contributed by atoms with Crippen LogP contribution in [-0.2, 0) is 9.59 Å². The van der Waals surface area contributed by atoms with E-state index in [1.165, 1.54) is 6.92 Å². The highest BCUT2D eigenvalue weighted by molar-refractivity contribution is 5.97. The van der Waals surface area contributed by atoms with Gasteiger partial charge in [0, 0.05) is 19.9 Å². The van der Waals surface area contributed by atoms with Crippen molar-refractivity contribution in [1.29, 1.82) is 0 Å². The summed E-state index contributed by atoms with van der Waals surface area (Å²) in [6.45, 7) is 3.99. The van der Waals surface area contributed by atoms with E-state index in [1.807, 2.05) is 19.1 Å². The summed E-state index contributed by atoms with van der Waals surface area (Å²) < 4.78 is 5.13. The molecule has 90 valence electrons. The normalized spacial score (nSPS) is 15.2. The summed E-state index contributed by atoms with van der Waals surface area (Å²) in [6.07, 6.45) is 1.42. The Labute approximate surface area is 100 Å². The fraction of sp³-hybridized carbons (Fsp3) is 0.385. The molecule has 2 rings (SSSR count). The molecule has 1 amide bonds. The Bertz CT molecular complexity index is 468. The van der Waals surface area contributed by atoms with Crippen LogP contribution in [0.15, 0.2) is 18.2 Å². The summed E-state index contributed by atoms with van der Waals surface area (Å²) in [4.78, 5) is 24.4. The van der Waals surface area contributed by atoms with Gasteiger partial charge in [-0.25, -0.2) is 0 Å². The van der Waals surface area contributed by atoms with Crippen molar-refractivity contribution < 1.29 is 14.3 Å². The zero-order valence-electron chi connectivity index (χ0n) is 10.0. The Hall–Kier alpha value is -1.84. The Morgan fingerprint density at radius 2 is 2.18 bits per heavy atom. The van der Waals surface area contributed by atoms with E-state index in [4.69, 9.17) is 4.74 Å². The molecule has 1 aromatic rings. The molecule has 1 aromatic carbocycles. The number of esters is 1. The van der Waals surface area contributed by atoms with Crippen LogP contribution in [0.25, 0.3) is 0 Å². The lowest BCUT2D eigenvalue weighted by Crippen LogP contribution is -2.24. The minimum absolute atomic E-state index is 0.0870. The fourth-order valence-corrected chi connectivity index (χ4v) is 1.98. The highest BCUT2D eigenvalue weighted by Crippen LogP contribution is 2.32. The molecule has 0 aliphatic carbocycles. The number of aryl methyl sites for hydroxylation is 1. The zero-order valence-corrected chi connectivity index (χ0v) is 10.0.